The van der Waals surface area contributed by atoms with E-state index in [1.807, 2.05) is 12.1 Å². The van der Waals surface area contributed by atoms with E-state index in [0.29, 0.717) is 17.0 Å². The number of ether oxygens (including phenoxy) is 2. The first-order valence-corrected chi connectivity index (χ1v) is 11.4. The van der Waals surface area contributed by atoms with Crippen LogP contribution in [-0.4, -0.2) is 34.1 Å². The largest absolute Gasteiger partial charge is 0.490 e. The third-order valence-electron chi connectivity index (χ3n) is 4.58. The van der Waals surface area contributed by atoms with E-state index in [1.54, 1.807) is 55.5 Å². The van der Waals surface area contributed by atoms with Gasteiger partial charge in [0, 0.05) is 6.54 Å². The molecule has 0 fully saturated rings. The van der Waals surface area contributed by atoms with E-state index in [2.05, 4.69) is 0 Å². The van der Waals surface area contributed by atoms with Gasteiger partial charge >= 0.3 is 5.97 Å². The van der Waals surface area contributed by atoms with Crippen LogP contribution in [0.1, 0.15) is 22.8 Å². The first kappa shape index (κ1) is 22.8. The van der Waals surface area contributed by atoms with E-state index in [9.17, 15) is 13.2 Å². The molecule has 0 radical (unpaired) electrons. The zero-order chi connectivity index (χ0) is 23.0. The van der Waals surface area contributed by atoms with E-state index in [4.69, 9.17) is 14.7 Å². The van der Waals surface area contributed by atoms with Gasteiger partial charge < -0.3 is 9.47 Å². The van der Waals surface area contributed by atoms with Gasteiger partial charge in [-0.1, -0.05) is 18.2 Å². The SMILES string of the molecule is CCN(c1ccccc1)S(=O)(=O)c1ccc(C(=O)OCCOc2ccc(C#N)cc2)cc1. The topological polar surface area (TPSA) is 96.7 Å². The summed E-state index contributed by atoms with van der Waals surface area (Å²) in [6.07, 6.45) is 0. The Hall–Kier alpha value is -3.83. The van der Waals surface area contributed by atoms with Crippen molar-refractivity contribution >= 4 is 21.7 Å². The van der Waals surface area contributed by atoms with Crippen LogP contribution < -0.4 is 9.04 Å². The number of benzene rings is 3. The fraction of sp³-hybridized carbons (Fsp3) is 0.167. The van der Waals surface area contributed by atoms with Crippen molar-refractivity contribution in [3.8, 4) is 11.8 Å². The Bertz CT molecular complexity index is 1190. The lowest BCUT2D eigenvalue weighted by atomic mass is 10.2. The van der Waals surface area contributed by atoms with Crippen molar-refractivity contribution in [1.29, 1.82) is 5.26 Å². The zero-order valence-corrected chi connectivity index (χ0v) is 18.3. The van der Waals surface area contributed by atoms with Gasteiger partial charge in [-0.15, -0.1) is 0 Å². The number of sulfonamides is 1. The lowest BCUT2D eigenvalue weighted by Gasteiger charge is -2.22. The summed E-state index contributed by atoms with van der Waals surface area (Å²) in [5.74, 6) is -0.0127. The van der Waals surface area contributed by atoms with E-state index in [-0.39, 0.29) is 30.2 Å². The van der Waals surface area contributed by atoms with Gasteiger partial charge in [-0.3, -0.25) is 4.31 Å². The second-order valence-corrected chi connectivity index (χ2v) is 8.51. The van der Waals surface area contributed by atoms with E-state index in [0.717, 1.165) is 0 Å². The fourth-order valence-electron chi connectivity index (χ4n) is 2.98. The maximum atomic E-state index is 13.0. The normalized spacial score (nSPS) is 10.8. The summed E-state index contributed by atoms with van der Waals surface area (Å²) in [6, 6.07) is 23.1. The molecule has 0 unspecified atom stereocenters. The number of esters is 1. The number of nitriles is 1. The van der Waals surface area contributed by atoms with Crippen molar-refractivity contribution in [3.05, 3.63) is 90.0 Å². The predicted octanol–water partition coefficient (Wildman–Crippen LogP) is 4.01. The van der Waals surface area contributed by atoms with Crippen molar-refractivity contribution in [2.45, 2.75) is 11.8 Å². The highest BCUT2D eigenvalue weighted by Gasteiger charge is 2.23. The van der Waals surface area contributed by atoms with E-state index in [1.165, 1.54) is 28.6 Å². The molecular weight excluding hydrogens is 428 g/mol. The minimum Gasteiger partial charge on any atom is -0.490 e. The first-order chi connectivity index (χ1) is 15.5. The Morgan fingerprint density at radius 3 is 2.19 bits per heavy atom. The van der Waals surface area contributed by atoms with Gasteiger partial charge in [0.1, 0.15) is 19.0 Å². The number of nitrogens with zero attached hydrogens (tertiary/aromatic N) is 2. The number of carbonyl (C=O) groups excluding carboxylic acids is 1. The van der Waals surface area contributed by atoms with Crippen LogP contribution in [0.15, 0.2) is 83.8 Å². The van der Waals surface area contributed by atoms with Crippen LogP contribution in [0.5, 0.6) is 5.75 Å². The lowest BCUT2D eigenvalue weighted by molar-refractivity contribution is 0.0450. The summed E-state index contributed by atoms with van der Waals surface area (Å²) in [5.41, 5.74) is 1.34. The van der Waals surface area contributed by atoms with Gasteiger partial charge in [-0.25, -0.2) is 13.2 Å². The van der Waals surface area contributed by atoms with Gasteiger partial charge in [-0.2, -0.15) is 5.26 Å². The average Bonchev–Trinajstić information content (AvgIpc) is 2.83. The summed E-state index contributed by atoms with van der Waals surface area (Å²) in [7, 11) is -3.76. The molecule has 0 amide bonds. The molecular formula is C24H22N2O5S. The van der Waals surface area contributed by atoms with Gasteiger partial charge in [0.05, 0.1) is 27.8 Å². The zero-order valence-electron chi connectivity index (χ0n) is 17.5. The van der Waals surface area contributed by atoms with Crippen LogP contribution in [0.4, 0.5) is 5.69 Å². The summed E-state index contributed by atoms with van der Waals surface area (Å²) < 4.78 is 38.0. The number of anilines is 1. The standard InChI is InChI=1S/C24H22N2O5S/c1-2-26(21-6-4-3-5-7-21)32(28,29)23-14-10-20(11-15-23)24(27)31-17-16-30-22-12-8-19(18-25)9-13-22/h3-15H,2,16-17H2,1H3. The molecule has 8 heteroatoms. The molecule has 0 atom stereocenters. The van der Waals surface area contributed by atoms with Gasteiger partial charge in [0.25, 0.3) is 10.0 Å². The summed E-state index contributed by atoms with van der Waals surface area (Å²) >= 11 is 0. The molecule has 0 aliphatic rings. The number of hydrogen-bond acceptors (Lipinski definition) is 6. The van der Waals surface area contributed by atoms with Crippen LogP contribution >= 0.6 is 0 Å². The Morgan fingerprint density at radius 1 is 0.938 bits per heavy atom. The maximum Gasteiger partial charge on any atom is 0.338 e. The summed E-state index contributed by atoms with van der Waals surface area (Å²) in [5, 5.41) is 8.78. The third kappa shape index (κ3) is 5.45. The predicted molar refractivity (Wildman–Crippen MR) is 120 cm³/mol. The Labute approximate surface area is 187 Å². The molecule has 0 saturated heterocycles. The van der Waals surface area contributed by atoms with Crippen molar-refractivity contribution in [2.24, 2.45) is 0 Å². The lowest BCUT2D eigenvalue weighted by Crippen LogP contribution is -2.30. The van der Waals surface area contributed by atoms with Gasteiger partial charge in [0.15, 0.2) is 0 Å². The Kier molecular flexibility index (Phi) is 7.47. The summed E-state index contributed by atoms with van der Waals surface area (Å²) in [6.45, 7) is 2.20. The quantitative estimate of drug-likeness (QED) is 0.361. The van der Waals surface area contributed by atoms with Crippen molar-refractivity contribution < 1.29 is 22.7 Å². The molecule has 32 heavy (non-hydrogen) atoms. The number of hydrogen-bond donors (Lipinski definition) is 0. The molecule has 0 bridgehead atoms. The molecule has 0 spiro atoms. The van der Waals surface area contributed by atoms with Crippen LogP contribution in [0, 0.1) is 11.3 Å². The Balaban J connectivity index is 1.58. The second-order valence-electron chi connectivity index (χ2n) is 6.65. The van der Waals surface area contributed by atoms with Crippen molar-refractivity contribution in [2.75, 3.05) is 24.1 Å². The van der Waals surface area contributed by atoms with Crippen LogP contribution in [0.25, 0.3) is 0 Å². The maximum absolute atomic E-state index is 13.0. The molecule has 3 rings (SSSR count). The molecule has 0 aromatic heterocycles. The third-order valence-corrected chi connectivity index (χ3v) is 6.50. The number of carbonyl (C=O) groups is 1. The van der Waals surface area contributed by atoms with Crippen LogP contribution in [0.3, 0.4) is 0 Å². The summed E-state index contributed by atoms with van der Waals surface area (Å²) in [4.78, 5) is 12.3. The molecule has 3 aromatic rings. The number of rotatable bonds is 9. The van der Waals surface area contributed by atoms with E-state index >= 15 is 0 Å². The molecule has 0 heterocycles. The van der Waals surface area contributed by atoms with E-state index < -0.39 is 16.0 Å². The minimum absolute atomic E-state index is 0.0243. The highest BCUT2D eigenvalue weighted by atomic mass is 32.2. The van der Waals surface area contributed by atoms with Gasteiger partial charge in [-0.05, 0) is 67.6 Å². The fourth-order valence-corrected chi connectivity index (χ4v) is 4.45. The highest BCUT2D eigenvalue weighted by molar-refractivity contribution is 7.92. The Morgan fingerprint density at radius 2 is 1.59 bits per heavy atom. The molecule has 7 nitrogen and oxygen atoms in total. The monoisotopic (exact) mass is 450 g/mol. The number of para-hydroxylation sites is 1. The molecule has 0 saturated carbocycles. The van der Waals surface area contributed by atoms with Crippen LogP contribution in [0.2, 0.25) is 0 Å². The van der Waals surface area contributed by atoms with Crippen molar-refractivity contribution in [3.63, 3.8) is 0 Å². The molecule has 0 N–H and O–H groups in total. The molecule has 0 aliphatic heterocycles. The average molecular weight is 451 g/mol. The van der Waals surface area contributed by atoms with Crippen LogP contribution in [-0.2, 0) is 14.8 Å². The highest BCUT2D eigenvalue weighted by Crippen LogP contribution is 2.23. The smallest absolute Gasteiger partial charge is 0.338 e. The van der Waals surface area contributed by atoms with Crippen molar-refractivity contribution in [1.82, 2.24) is 0 Å². The molecule has 0 aliphatic carbocycles. The second kappa shape index (κ2) is 10.5. The molecule has 3 aromatic carbocycles. The minimum atomic E-state index is -3.76. The first-order valence-electron chi connectivity index (χ1n) is 9.93. The molecule has 164 valence electrons. The van der Waals surface area contributed by atoms with Gasteiger partial charge in [0.2, 0.25) is 0 Å².